The molecule has 1 aromatic carbocycles. The number of nitrogens with two attached hydrogens (primary N) is 2. The molecule has 1 unspecified atom stereocenters. The Morgan fingerprint density at radius 2 is 1.39 bits per heavy atom. The largest absolute Gasteiger partial charge is 0.530 e. The molecule has 7 rings (SSSR count). The number of ether oxygens (including phenoxy) is 2. The number of imidazole rings is 2. The molecule has 18 nitrogen and oxygen atoms in total. The van der Waals surface area contributed by atoms with Crippen molar-refractivity contribution in [2.24, 2.45) is 17.3 Å². The second kappa shape index (κ2) is 18.0. The molecule has 5 atom stereocenters. The van der Waals surface area contributed by atoms with E-state index < -0.39 is 13.2 Å². The molecule has 0 radical (unpaired) electrons. The third kappa shape index (κ3) is 10.1. The van der Waals surface area contributed by atoms with Crippen LogP contribution in [0.1, 0.15) is 45.7 Å². The lowest BCUT2D eigenvalue weighted by atomic mass is 10.00. The average Bonchev–Trinajstić information content (AvgIpc) is 4.02. The van der Waals surface area contributed by atoms with E-state index in [0.29, 0.717) is 52.0 Å². The zero-order chi connectivity index (χ0) is 40.7. The first-order valence-corrected chi connectivity index (χ1v) is 20.6. The molecule has 0 saturated heterocycles. The second-order valence-corrected chi connectivity index (χ2v) is 16.9. The molecule has 0 aliphatic heterocycles. The number of methoxy groups -OCH3 is 2. The predicted octanol–water partition coefficient (Wildman–Crippen LogP) is 5.59. The summed E-state index contributed by atoms with van der Waals surface area (Å²) in [7, 11) is -0.934. The quantitative estimate of drug-likeness (QED) is 0.0703. The van der Waals surface area contributed by atoms with Crippen LogP contribution < -0.4 is 25.5 Å². The summed E-state index contributed by atoms with van der Waals surface area (Å²) in [6.45, 7) is 5.84. The average molecular weight is 823 g/mol. The Bertz CT molecular complexity index is 2280. The number of hydrogen-bond acceptors (Lipinski definition) is 17. The van der Waals surface area contributed by atoms with Gasteiger partial charge in [-0.3, -0.25) is 13.8 Å². The number of nitrogen functional groups attached to an aromatic ring is 2. The summed E-state index contributed by atoms with van der Waals surface area (Å²) < 4.78 is 44.8. The molecule has 4 heterocycles. The molecule has 0 amide bonds. The fraction of sp³-hybridized carbons (Fsp3) is 0.432. The number of anilines is 2. The van der Waals surface area contributed by atoms with Crippen LogP contribution in [0.3, 0.4) is 0 Å². The van der Waals surface area contributed by atoms with E-state index in [9.17, 15) is 14.5 Å². The van der Waals surface area contributed by atoms with Gasteiger partial charge in [0.2, 0.25) is 23.7 Å². The van der Waals surface area contributed by atoms with Gasteiger partial charge in [-0.2, -0.15) is 19.9 Å². The monoisotopic (exact) mass is 822 g/mol. The smallest absolute Gasteiger partial charge is 0.479 e. The minimum absolute atomic E-state index is 0.0274. The van der Waals surface area contributed by atoms with Gasteiger partial charge in [-0.05, 0) is 25.0 Å². The molecule has 0 fully saturated rings. The molecule has 2 aliphatic carbocycles. The van der Waals surface area contributed by atoms with Crippen LogP contribution in [0.4, 0.5) is 11.9 Å². The molecule has 5 N–H and O–H groups in total. The van der Waals surface area contributed by atoms with Crippen LogP contribution in [-0.2, 0) is 18.4 Å². The SMILES string of the molecule is COc1nc(N)nc2c1ncn2[C@H]1C=C[C@@H](CO)C1.COc1nc(N)nc2c1ncn2[C@H]1C=C[C@@H](COP(=O)(OCCSC(=O)C(C)(C)C)Oc2ccccc2)C1. The third-order valence-corrected chi connectivity index (χ3v) is 11.7. The highest BCUT2D eigenvalue weighted by Crippen LogP contribution is 2.50. The van der Waals surface area contributed by atoms with E-state index >= 15 is 0 Å². The van der Waals surface area contributed by atoms with Crippen molar-refractivity contribution in [3.8, 4) is 17.5 Å². The number of fused-ring (bicyclic) bond motifs is 2. The molecule has 0 bridgehead atoms. The Kier molecular flexibility index (Phi) is 13.1. The number of aliphatic hydroxyl groups excluding tert-OH is 1. The lowest BCUT2D eigenvalue weighted by Gasteiger charge is -2.21. The van der Waals surface area contributed by atoms with Gasteiger partial charge in [-0.25, -0.2) is 14.5 Å². The number of carbonyl (C=O) groups is 1. The van der Waals surface area contributed by atoms with Crippen LogP contribution >= 0.6 is 19.6 Å². The van der Waals surface area contributed by atoms with Gasteiger partial charge in [-0.1, -0.05) is 75.0 Å². The van der Waals surface area contributed by atoms with E-state index in [1.165, 1.54) is 14.2 Å². The minimum atomic E-state index is -3.96. The summed E-state index contributed by atoms with van der Waals surface area (Å²) in [6.07, 6.45) is 12.9. The first-order valence-electron chi connectivity index (χ1n) is 18.2. The van der Waals surface area contributed by atoms with Crippen LogP contribution in [-0.4, -0.2) is 89.1 Å². The summed E-state index contributed by atoms with van der Waals surface area (Å²) in [6, 6.07) is 8.77. The second-order valence-electron chi connectivity index (χ2n) is 14.3. The van der Waals surface area contributed by atoms with Crippen molar-refractivity contribution in [3.05, 3.63) is 67.3 Å². The van der Waals surface area contributed by atoms with E-state index in [1.807, 2.05) is 60.3 Å². The van der Waals surface area contributed by atoms with E-state index in [4.69, 9.17) is 34.5 Å². The fourth-order valence-corrected chi connectivity index (χ4v) is 8.31. The van der Waals surface area contributed by atoms with Crippen molar-refractivity contribution in [3.63, 3.8) is 0 Å². The van der Waals surface area contributed by atoms with E-state index in [2.05, 4.69) is 29.9 Å². The number of phosphoric acid groups is 1. The Labute approximate surface area is 333 Å². The molecule has 4 aromatic heterocycles. The maximum absolute atomic E-state index is 13.5. The number of allylic oxidation sites excluding steroid dienone is 2. The number of phosphoric ester groups is 1. The Morgan fingerprint density at radius 3 is 1.89 bits per heavy atom. The van der Waals surface area contributed by atoms with Gasteiger partial charge in [0.1, 0.15) is 5.75 Å². The van der Waals surface area contributed by atoms with Gasteiger partial charge >= 0.3 is 7.82 Å². The van der Waals surface area contributed by atoms with Crippen LogP contribution in [0.25, 0.3) is 22.3 Å². The minimum Gasteiger partial charge on any atom is -0.479 e. The highest BCUT2D eigenvalue weighted by atomic mass is 32.2. The molecular formula is C37H47N10O8PS. The van der Waals surface area contributed by atoms with Crippen LogP contribution in [0.15, 0.2) is 67.3 Å². The van der Waals surface area contributed by atoms with Crippen molar-refractivity contribution in [1.29, 1.82) is 0 Å². The van der Waals surface area contributed by atoms with Crippen molar-refractivity contribution < 1.29 is 37.5 Å². The Hall–Kier alpha value is -5.07. The molecule has 57 heavy (non-hydrogen) atoms. The molecule has 0 saturated carbocycles. The number of hydrogen-bond donors (Lipinski definition) is 3. The maximum Gasteiger partial charge on any atom is 0.530 e. The number of aliphatic hydroxyl groups is 1. The van der Waals surface area contributed by atoms with Crippen molar-refractivity contribution in [2.75, 3.05) is 51.3 Å². The lowest BCUT2D eigenvalue weighted by molar-refractivity contribution is -0.117. The van der Waals surface area contributed by atoms with E-state index in [1.54, 1.807) is 36.9 Å². The fourth-order valence-electron chi connectivity index (χ4n) is 6.15. The topological polar surface area (TPSA) is 240 Å². The summed E-state index contributed by atoms with van der Waals surface area (Å²) in [5.74, 6) is 1.76. The Morgan fingerprint density at radius 1 is 0.842 bits per heavy atom. The highest BCUT2D eigenvalue weighted by molar-refractivity contribution is 8.13. The lowest BCUT2D eigenvalue weighted by Crippen LogP contribution is -2.17. The van der Waals surface area contributed by atoms with Crippen LogP contribution in [0.2, 0.25) is 0 Å². The number of benzene rings is 1. The first kappa shape index (κ1) is 41.6. The van der Waals surface area contributed by atoms with Gasteiger partial charge in [0.25, 0.3) is 0 Å². The van der Waals surface area contributed by atoms with Gasteiger partial charge in [-0.15, -0.1) is 0 Å². The first-order chi connectivity index (χ1) is 27.3. The summed E-state index contributed by atoms with van der Waals surface area (Å²) in [5, 5.41) is 9.21. The molecule has 304 valence electrons. The highest BCUT2D eigenvalue weighted by Gasteiger charge is 2.33. The van der Waals surface area contributed by atoms with Gasteiger partial charge < -0.3 is 39.7 Å². The Balaban J connectivity index is 0.000000240. The third-order valence-electron chi connectivity index (χ3n) is 9.03. The number of nitrogens with zero attached hydrogens (tertiary/aromatic N) is 8. The standard InChI is InChI=1S/C25H32N5O6PS.C12H15N5O2/c1-25(2,3)23(31)38-13-12-34-37(32,36-19-8-6-5-7-9-19)35-15-17-10-11-18(14-17)30-16-27-20-21(30)28-24(26)29-22(20)33-4;1-19-11-9-10(15-12(13)16-11)17(6-14-9)8-3-2-7(4-8)5-18/h5-11,16-18H,12-15H2,1-4H3,(H2,26,28,29);2-3,6-8,18H,4-5H2,1H3,(H2,13,15,16)/t17-,18+,37?;7-,8+/m11/s1. The summed E-state index contributed by atoms with van der Waals surface area (Å²) in [5.41, 5.74) is 13.4. The normalized spacial score (nSPS) is 20.0. The van der Waals surface area contributed by atoms with Crippen molar-refractivity contribution in [2.45, 2.75) is 45.7 Å². The number of aromatic nitrogens is 8. The van der Waals surface area contributed by atoms with Crippen molar-refractivity contribution in [1.82, 2.24) is 39.0 Å². The number of rotatable bonds is 14. The zero-order valence-electron chi connectivity index (χ0n) is 32.3. The number of para-hydroxylation sites is 1. The van der Waals surface area contributed by atoms with Crippen molar-refractivity contribution >= 4 is 58.9 Å². The molecule has 2 aliphatic rings. The zero-order valence-corrected chi connectivity index (χ0v) is 34.0. The van der Waals surface area contributed by atoms with Gasteiger partial charge in [0, 0.05) is 29.6 Å². The molecule has 0 spiro atoms. The number of thioether (sulfide) groups is 1. The number of carbonyl (C=O) groups excluding carboxylic acids is 1. The predicted molar refractivity (Wildman–Crippen MR) is 216 cm³/mol. The molecule has 5 aromatic rings. The van der Waals surface area contributed by atoms with Gasteiger partial charge in [0.15, 0.2) is 27.4 Å². The molecule has 20 heteroatoms. The van der Waals surface area contributed by atoms with Crippen LogP contribution in [0.5, 0.6) is 17.5 Å². The van der Waals surface area contributed by atoms with Crippen LogP contribution in [0, 0.1) is 17.3 Å². The molecular weight excluding hydrogens is 776 g/mol. The summed E-state index contributed by atoms with van der Waals surface area (Å²) in [4.78, 5) is 37.5. The van der Waals surface area contributed by atoms with E-state index in [0.717, 1.165) is 18.2 Å². The maximum atomic E-state index is 13.5. The van der Waals surface area contributed by atoms with Gasteiger partial charge in [0.05, 0.1) is 52.2 Å². The summed E-state index contributed by atoms with van der Waals surface area (Å²) >= 11 is 1.13. The van der Waals surface area contributed by atoms with E-state index in [-0.39, 0.29) is 60.8 Å².